The molecule has 0 radical (unpaired) electrons. The topological polar surface area (TPSA) is 90.0 Å². The summed E-state index contributed by atoms with van der Waals surface area (Å²) in [5, 5.41) is 3.87. The van der Waals surface area contributed by atoms with Crippen LogP contribution >= 0.6 is 0 Å². The molecular weight excluding hydrogens is 252 g/mol. The van der Waals surface area contributed by atoms with Crippen molar-refractivity contribution < 1.29 is 8.42 Å². The molecule has 0 saturated heterocycles. The molecule has 0 unspecified atom stereocenters. The number of nitrogens with zero attached hydrogens (tertiary/aromatic N) is 2. The Morgan fingerprint density at radius 1 is 1.39 bits per heavy atom. The van der Waals surface area contributed by atoms with Crippen LogP contribution < -0.4 is 10.5 Å². The van der Waals surface area contributed by atoms with Crippen molar-refractivity contribution in [3.63, 3.8) is 0 Å². The normalized spacial score (nSPS) is 19.9. The summed E-state index contributed by atoms with van der Waals surface area (Å²) in [6.07, 6.45) is 6.46. The number of anilines is 1. The first-order chi connectivity index (χ1) is 8.32. The highest BCUT2D eigenvalue weighted by molar-refractivity contribution is 7.89. The van der Waals surface area contributed by atoms with Crippen LogP contribution in [0.1, 0.15) is 39.0 Å². The highest BCUT2D eigenvalue weighted by Gasteiger charge is 2.33. The van der Waals surface area contributed by atoms with Gasteiger partial charge in [0.2, 0.25) is 10.0 Å². The molecule has 18 heavy (non-hydrogen) atoms. The summed E-state index contributed by atoms with van der Waals surface area (Å²) in [5.41, 5.74) is 5.26. The van der Waals surface area contributed by atoms with Crippen LogP contribution in [0.5, 0.6) is 0 Å². The molecule has 1 heterocycles. The lowest BCUT2D eigenvalue weighted by molar-refractivity contribution is 0.294. The average Bonchev–Trinajstić information content (AvgIpc) is 2.58. The summed E-state index contributed by atoms with van der Waals surface area (Å²) < 4.78 is 28.8. The Bertz CT molecular complexity index is 529. The van der Waals surface area contributed by atoms with Gasteiger partial charge in [-0.25, -0.2) is 13.1 Å². The van der Waals surface area contributed by atoms with Crippen molar-refractivity contribution in [2.75, 3.05) is 5.73 Å². The second kappa shape index (κ2) is 4.55. The van der Waals surface area contributed by atoms with Gasteiger partial charge < -0.3 is 5.73 Å². The number of nitrogens with two attached hydrogens (primary N) is 1. The Morgan fingerprint density at radius 3 is 2.50 bits per heavy atom. The molecule has 0 atom stereocenters. The Hall–Kier alpha value is -1.08. The molecule has 1 aliphatic carbocycles. The van der Waals surface area contributed by atoms with E-state index in [-0.39, 0.29) is 16.3 Å². The fraction of sp³-hybridized carbons (Fsp3) is 0.727. The molecule has 1 aliphatic rings. The molecule has 0 bridgehead atoms. The number of hydrogen-bond acceptors (Lipinski definition) is 4. The molecule has 1 saturated carbocycles. The van der Waals surface area contributed by atoms with E-state index in [0.717, 1.165) is 25.7 Å². The van der Waals surface area contributed by atoms with Crippen LogP contribution in [0.3, 0.4) is 0 Å². The van der Waals surface area contributed by atoms with Gasteiger partial charge in [-0.05, 0) is 19.8 Å². The van der Waals surface area contributed by atoms with E-state index in [9.17, 15) is 8.42 Å². The van der Waals surface area contributed by atoms with Crippen LogP contribution in [0.15, 0.2) is 11.1 Å². The van der Waals surface area contributed by atoms with Gasteiger partial charge >= 0.3 is 0 Å². The van der Waals surface area contributed by atoms with Crippen molar-refractivity contribution in [1.82, 2.24) is 14.5 Å². The largest absolute Gasteiger partial charge is 0.381 e. The van der Waals surface area contributed by atoms with Crippen LogP contribution in [-0.4, -0.2) is 23.7 Å². The van der Waals surface area contributed by atoms with E-state index < -0.39 is 10.0 Å². The lowest BCUT2D eigenvalue weighted by atomic mass is 9.84. The summed E-state index contributed by atoms with van der Waals surface area (Å²) in [4.78, 5) is 0.0665. The third-order valence-electron chi connectivity index (χ3n) is 3.45. The smallest absolute Gasteiger partial charge is 0.246 e. The van der Waals surface area contributed by atoms with Crippen molar-refractivity contribution in [2.45, 2.75) is 49.5 Å². The van der Waals surface area contributed by atoms with Crippen molar-refractivity contribution in [1.29, 1.82) is 0 Å². The zero-order valence-corrected chi connectivity index (χ0v) is 11.6. The quantitative estimate of drug-likeness (QED) is 0.859. The van der Waals surface area contributed by atoms with Crippen LogP contribution in [0.2, 0.25) is 0 Å². The predicted molar refractivity (Wildman–Crippen MR) is 69.4 cm³/mol. The Balaban J connectivity index is 2.24. The minimum Gasteiger partial charge on any atom is -0.381 e. The molecule has 102 valence electrons. The molecule has 0 spiro atoms. The van der Waals surface area contributed by atoms with Gasteiger partial charge in [0, 0.05) is 18.8 Å². The van der Waals surface area contributed by atoms with E-state index in [0.29, 0.717) is 0 Å². The van der Waals surface area contributed by atoms with Crippen LogP contribution in [0, 0.1) is 0 Å². The first kappa shape index (κ1) is 13.4. The van der Waals surface area contributed by atoms with Crippen LogP contribution in [0.25, 0.3) is 0 Å². The number of hydrogen-bond donors (Lipinski definition) is 2. The molecule has 0 aromatic carbocycles. The van der Waals surface area contributed by atoms with E-state index in [4.69, 9.17) is 5.73 Å². The van der Waals surface area contributed by atoms with Gasteiger partial charge in [-0.2, -0.15) is 5.10 Å². The molecular formula is C11H20N4O2S. The monoisotopic (exact) mass is 272 g/mol. The van der Waals surface area contributed by atoms with Gasteiger partial charge in [0.1, 0.15) is 4.90 Å². The fourth-order valence-corrected chi connectivity index (χ4v) is 4.07. The summed E-state index contributed by atoms with van der Waals surface area (Å²) in [6.45, 7) is 1.95. The minimum absolute atomic E-state index is 0.0457. The zero-order valence-electron chi connectivity index (χ0n) is 10.8. The zero-order chi connectivity index (χ0) is 13.4. The molecule has 1 aromatic heterocycles. The lowest BCUT2D eigenvalue weighted by Gasteiger charge is -2.33. The molecule has 3 N–H and O–H groups in total. The Labute approximate surface area is 108 Å². The van der Waals surface area contributed by atoms with Crippen LogP contribution in [-0.2, 0) is 17.1 Å². The molecule has 0 amide bonds. The number of aromatic nitrogens is 2. The maximum Gasteiger partial charge on any atom is 0.246 e. The molecule has 0 aliphatic heterocycles. The minimum atomic E-state index is -3.59. The highest BCUT2D eigenvalue weighted by Crippen LogP contribution is 2.29. The number of nitrogen functional groups attached to an aromatic ring is 1. The van der Waals surface area contributed by atoms with E-state index in [1.54, 1.807) is 7.05 Å². The van der Waals surface area contributed by atoms with E-state index in [1.165, 1.54) is 17.3 Å². The van der Waals surface area contributed by atoms with Crippen molar-refractivity contribution in [3.8, 4) is 0 Å². The van der Waals surface area contributed by atoms with E-state index in [1.807, 2.05) is 6.92 Å². The summed E-state index contributed by atoms with van der Waals surface area (Å²) in [6, 6.07) is 0. The highest BCUT2D eigenvalue weighted by atomic mass is 32.2. The van der Waals surface area contributed by atoms with Crippen molar-refractivity contribution >= 4 is 15.8 Å². The summed E-state index contributed by atoms with van der Waals surface area (Å²) in [7, 11) is -1.94. The van der Waals surface area contributed by atoms with Gasteiger partial charge in [-0.3, -0.25) is 4.68 Å². The number of sulfonamides is 1. The molecule has 2 rings (SSSR count). The fourth-order valence-electron chi connectivity index (χ4n) is 2.50. The second-order valence-electron chi connectivity index (χ2n) is 5.28. The number of nitrogens with one attached hydrogen (secondary N) is 1. The third-order valence-corrected chi connectivity index (χ3v) is 5.10. The first-order valence-electron chi connectivity index (χ1n) is 6.16. The number of aryl methyl sites for hydroxylation is 1. The molecule has 7 heteroatoms. The Kier molecular flexibility index (Phi) is 3.37. The Morgan fingerprint density at radius 2 is 2.00 bits per heavy atom. The van der Waals surface area contributed by atoms with Gasteiger partial charge in [0.15, 0.2) is 5.82 Å². The van der Waals surface area contributed by atoms with E-state index in [2.05, 4.69) is 9.82 Å². The lowest BCUT2D eigenvalue weighted by Crippen LogP contribution is -2.47. The molecule has 1 aromatic rings. The van der Waals surface area contributed by atoms with E-state index >= 15 is 0 Å². The SMILES string of the molecule is Cn1cc(S(=O)(=O)NC2(C)CCCCC2)c(N)n1. The average molecular weight is 272 g/mol. The number of rotatable bonds is 3. The standard InChI is InChI=1S/C11H20N4O2S/c1-11(6-4-3-5-7-11)14-18(16,17)9-8-15(2)13-10(9)12/h8,14H,3-7H2,1-2H3,(H2,12,13). The van der Waals surface area contributed by atoms with Gasteiger partial charge in [0.25, 0.3) is 0 Å². The molecule has 6 nitrogen and oxygen atoms in total. The van der Waals surface area contributed by atoms with Crippen molar-refractivity contribution in [2.24, 2.45) is 7.05 Å². The maximum absolute atomic E-state index is 12.3. The second-order valence-corrected chi connectivity index (χ2v) is 6.93. The van der Waals surface area contributed by atoms with Crippen molar-refractivity contribution in [3.05, 3.63) is 6.20 Å². The van der Waals surface area contributed by atoms with Gasteiger partial charge in [-0.1, -0.05) is 19.3 Å². The first-order valence-corrected chi connectivity index (χ1v) is 7.64. The van der Waals surface area contributed by atoms with Crippen LogP contribution in [0.4, 0.5) is 5.82 Å². The van der Waals surface area contributed by atoms with Gasteiger partial charge in [0.05, 0.1) is 0 Å². The van der Waals surface area contributed by atoms with Gasteiger partial charge in [-0.15, -0.1) is 0 Å². The molecule has 1 fully saturated rings. The summed E-state index contributed by atoms with van der Waals surface area (Å²) >= 11 is 0. The predicted octanol–water partition coefficient (Wildman–Crippen LogP) is 1.00. The summed E-state index contributed by atoms with van der Waals surface area (Å²) in [5.74, 6) is 0.0457. The maximum atomic E-state index is 12.3. The third kappa shape index (κ3) is 2.67.